The van der Waals surface area contributed by atoms with Gasteiger partial charge < -0.3 is 20.1 Å². The molecule has 1 aliphatic rings. The van der Waals surface area contributed by atoms with E-state index in [0.717, 1.165) is 25.8 Å². The summed E-state index contributed by atoms with van der Waals surface area (Å²) in [5, 5.41) is 5.98. The Balaban J connectivity index is 2.00. The van der Waals surface area contributed by atoms with Crippen molar-refractivity contribution in [2.75, 3.05) is 19.7 Å². The quantitative estimate of drug-likeness (QED) is 0.763. The summed E-state index contributed by atoms with van der Waals surface area (Å²) in [4.78, 5) is 12.1. The Bertz CT molecular complexity index is 535. The van der Waals surface area contributed by atoms with Gasteiger partial charge in [0.25, 0.3) is 0 Å². The van der Waals surface area contributed by atoms with Gasteiger partial charge in [0.1, 0.15) is 11.5 Å². The summed E-state index contributed by atoms with van der Waals surface area (Å²) in [6.07, 6.45) is 2.61. The van der Waals surface area contributed by atoms with E-state index in [1.807, 2.05) is 6.92 Å². The zero-order valence-corrected chi connectivity index (χ0v) is 13.8. The normalized spacial score (nSPS) is 17.6. The number of piperidine rings is 1. The van der Waals surface area contributed by atoms with Gasteiger partial charge in [0.15, 0.2) is 0 Å². The van der Waals surface area contributed by atoms with E-state index in [4.69, 9.17) is 4.74 Å². The lowest BCUT2D eigenvalue weighted by atomic mass is 9.99. The summed E-state index contributed by atoms with van der Waals surface area (Å²) >= 11 is 0. The van der Waals surface area contributed by atoms with E-state index in [1.165, 1.54) is 6.07 Å². The largest absolute Gasteiger partial charge is 0.493 e. The highest BCUT2D eigenvalue weighted by Gasteiger charge is 2.21. The molecule has 0 bridgehead atoms. The van der Waals surface area contributed by atoms with Crippen molar-refractivity contribution in [2.45, 2.75) is 39.3 Å². The van der Waals surface area contributed by atoms with Gasteiger partial charge in [-0.25, -0.2) is 0 Å². The number of carbonyl (C=O) groups is 1. The molecule has 1 fully saturated rings. The lowest BCUT2D eigenvalue weighted by Gasteiger charge is -2.22. The predicted octanol–water partition coefficient (Wildman–Crippen LogP) is 2.69. The van der Waals surface area contributed by atoms with Crippen molar-refractivity contribution in [3.63, 3.8) is 0 Å². The van der Waals surface area contributed by atoms with Crippen LogP contribution in [0.25, 0.3) is 0 Å². The second-order valence-corrected chi connectivity index (χ2v) is 5.76. The van der Waals surface area contributed by atoms with Crippen LogP contribution in [0.3, 0.4) is 0 Å². The summed E-state index contributed by atoms with van der Waals surface area (Å²) in [5.41, 5.74) is 0.497. The molecule has 1 heterocycles. The standard InChI is InChI=1S/C17H24F2N2O3/c1-2-8-23-14-6-5-12(15(9-14)24-17(18)19)11-21-16(22)13-4-3-7-20-10-13/h5-6,9,13,17,20H,2-4,7-8,10-11H2,1H3,(H,21,22). The molecule has 0 saturated carbocycles. The van der Waals surface area contributed by atoms with Gasteiger partial charge in [0.05, 0.1) is 12.5 Å². The van der Waals surface area contributed by atoms with Gasteiger partial charge in [-0.2, -0.15) is 8.78 Å². The molecule has 0 aliphatic carbocycles. The minimum Gasteiger partial charge on any atom is -0.493 e. The summed E-state index contributed by atoms with van der Waals surface area (Å²) in [5.74, 6) is 0.349. The topological polar surface area (TPSA) is 59.6 Å². The monoisotopic (exact) mass is 342 g/mol. The van der Waals surface area contributed by atoms with Gasteiger partial charge in [-0.15, -0.1) is 0 Å². The fourth-order valence-corrected chi connectivity index (χ4v) is 2.60. The highest BCUT2D eigenvalue weighted by atomic mass is 19.3. The van der Waals surface area contributed by atoms with E-state index >= 15 is 0 Å². The Hall–Kier alpha value is -1.89. The molecular formula is C17H24F2N2O3. The van der Waals surface area contributed by atoms with E-state index in [-0.39, 0.29) is 24.1 Å². The molecule has 134 valence electrons. The molecule has 1 saturated heterocycles. The Kier molecular flexibility index (Phi) is 7.24. The number of rotatable bonds is 8. The van der Waals surface area contributed by atoms with E-state index in [9.17, 15) is 13.6 Å². The van der Waals surface area contributed by atoms with Gasteiger partial charge >= 0.3 is 6.61 Å². The fourth-order valence-electron chi connectivity index (χ4n) is 2.60. The molecular weight excluding hydrogens is 318 g/mol. The van der Waals surface area contributed by atoms with Crippen LogP contribution < -0.4 is 20.1 Å². The first-order valence-electron chi connectivity index (χ1n) is 8.29. The lowest BCUT2D eigenvalue weighted by Crippen LogP contribution is -2.40. The van der Waals surface area contributed by atoms with Gasteiger partial charge in [-0.05, 0) is 37.9 Å². The molecule has 1 unspecified atom stereocenters. The van der Waals surface area contributed by atoms with Crippen LogP contribution in [0.2, 0.25) is 0 Å². The Morgan fingerprint density at radius 3 is 2.96 bits per heavy atom. The molecule has 1 atom stereocenters. The Labute approximate surface area is 140 Å². The average molecular weight is 342 g/mol. The number of hydrogen-bond acceptors (Lipinski definition) is 4. The summed E-state index contributed by atoms with van der Waals surface area (Å²) < 4.78 is 35.2. The molecule has 0 radical (unpaired) electrons. The minimum absolute atomic E-state index is 0.0284. The highest BCUT2D eigenvalue weighted by molar-refractivity contribution is 5.79. The first-order valence-corrected chi connectivity index (χ1v) is 8.29. The number of carbonyl (C=O) groups excluding carboxylic acids is 1. The summed E-state index contributed by atoms with van der Waals surface area (Å²) in [6.45, 7) is 1.25. The average Bonchev–Trinajstić information content (AvgIpc) is 2.59. The lowest BCUT2D eigenvalue weighted by molar-refractivity contribution is -0.125. The van der Waals surface area contributed by atoms with Gasteiger partial charge in [0.2, 0.25) is 5.91 Å². The van der Waals surface area contributed by atoms with Crippen molar-refractivity contribution in [1.29, 1.82) is 0 Å². The number of alkyl halides is 2. The maximum atomic E-state index is 12.6. The van der Waals surface area contributed by atoms with Gasteiger partial charge in [-0.1, -0.05) is 6.92 Å². The van der Waals surface area contributed by atoms with Crippen molar-refractivity contribution < 1.29 is 23.0 Å². The number of ether oxygens (including phenoxy) is 2. The molecule has 2 N–H and O–H groups in total. The SMILES string of the molecule is CCCOc1ccc(CNC(=O)C2CCCNC2)c(OC(F)F)c1. The Morgan fingerprint density at radius 1 is 1.46 bits per heavy atom. The maximum Gasteiger partial charge on any atom is 0.387 e. The van der Waals surface area contributed by atoms with Crippen molar-refractivity contribution in [2.24, 2.45) is 5.92 Å². The van der Waals surface area contributed by atoms with Crippen molar-refractivity contribution in [3.05, 3.63) is 23.8 Å². The van der Waals surface area contributed by atoms with E-state index < -0.39 is 6.61 Å². The van der Waals surface area contributed by atoms with Crippen LogP contribution >= 0.6 is 0 Å². The van der Waals surface area contributed by atoms with Crippen LogP contribution in [0.5, 0.6) is 11.5 Å². The third-order valence-electron chi connectivity index (χ3n) is 3.85. The molecule has 2 rings (SSSR count). The van der Waals surface area contributed by atoms with E-state index in [1.54, 1.807) is 12.1 Å². The minimum atomic E-state index is -2.93. The molecule has 1 amide bonds. The van der Waals surface area contributed by atoms with Crippen molar-refractivity contribution in [1.82, 2.24) is 10.6 Å². The van der Waals surface area contributed by atoms with Crippen LogP contribution in [0, 0.1) is 5.92 Å². The zero-order chi connectivity index (χ0) is 17.4. The van der Waals surface area contributed by atoms with Crippen LogP contribution in [-0.2, 0) is 11.3 Å². The molecule has 1 aliphatic heterocycles. The van der Waals surface area contributed by atoms with E-state index in [0.29, 0.717) is 24.5 Å². The predicted molar refractivity (Wildman–Crippen MR) is 86.3 cm³/mol. The van der Waals surface area contributed by atoms with Crippen LogP contribution in [0.15, 0.2) is 18.2 Å². The molecule has 24 heavy (non-hydrogen) atoms. The number of halogens is 2. The van der Waals surface area contributed by atoms with Crippen LogP contribution in [0.4, 0.5) is 8.78 Å². The fraction of sp³-hybridized carbons (Fsp3) is 0.588. The third kappa shape index (κ3) is 5.63. The van der Waals surface area contributed by atoms with E-state index in [2.05, 4.69) is 15.4 Å². The molecule has 1 aromatic carbocycles. The second kappa shape index (κ2) is 9.42. The zero-order valence-electron chi connectivity index (χ0n) is 13.8. The van der Waals surface area contributed by atoms with Gasteiger partial charge in [0, 0.05) is 24.7 Å². The van der Waals surface area contributed by atoms with Crippen LogP contribution in [0.1, 0.15) is 31.7 Å². The highest BCUT2D eigenvalue weighted by Crippen LogP contribution is 2.27. The summed E-state index contributed by atoms with van der Waals surface area (Å²) in [6, 6.07) is 4.77. The van der Waals surface area contributed by atoms with Crippen LogP contribution in [-0.4, -0.2) is 32.2 Å². The third-order valence-corrected chi connectivity index (χ3v) is 3.85. The second-order valence-electron chi connectivity index (χ2n) is 5.76. The van der Waals surface area contributed by atoms with Crippen molar-refractivity contribution in [3.8, 4) is 11.5 Å². The molecule has 1 aromatic rings. The molecule has 0 spiro atoms. The number of amides is 1. The molecule has 0 aromatic heterocycles. The Morgan fingerprint density at radius 2 is 2.29 bits per heavy atom. The number of benzene rings is 1. The number of nitrogens with one attached hydrogen (secondary N) is 2. The molecule has 5 nitrogen and oxygen atoms in total. The number of hydrogen-bond donors (Lipinski definition) is 2. The van der Waals surface area contributed by atoms with Gasteiger partial charge in [-0.3, -0.25) is 4.79 Å². The van der Waals surface area contributed by atoms with Crippen molar-refractivity contribution >= 4 is 5.91 Å². The summed E-state index contributed by atoms with van der Waals surface area (Å²) in [7, 11) is 0. The first kappa shape index (κ1) is 18.4. The smallest absolute Gasteiger partial charge is 0.387 e. The first-order chi connectivity index (χ1) is 11.6. The molecule has 7 heteroatoms. The maximum absolute atomic E-state index is 12.6.